The first kappa shape index (κ1) is 6.61. The molecule has 0 saturated carbocycles. The minimum absolute atomic E-state index is 0.107. The molecule has 4 heteroatoms. The van der Waals surface area contributed by atoms with Crippen molar-refractivity contribution in [1.29, 1.82) is 0 Å². The van der Waals surface area contributed by atoms with E-state index in [1.54, 1.807) is 4.90 Å². The van der Waals surface area contributed by atoms with Crippen LogP contribution in [0.25, 0.3) is 0 Å². The summed E-state index contributed by atoms with van der Waals surface area (Å²) in [6.07, 6.45) is 0.912. The zero-order valence-electron chi connectivity index (χ0n) is 5.42. The lowest BCUT2D eigenvalue weighted by Crippen LogP contribution is -2.48. The molecule has 0 spiro atoms. The Morgan fingerprint density at radius 1 is 1.80 bits per heavy atom. The molecule has 2 fully saturated rings. The van der Waals surface area contributed by atoms with Gasteiger partial charge >= 0.3 is 0 Å². The van der Waals surface area contributed by atoms with Gasteiger partial charge in [-0.25, -0.2) is 0 Å². The van der Waals surface area contributed by atoms with E-state index in [0.29, 0.717) is 6.42 Å². The van der Waals surface area contributed by atoms with Crippen molar-refractivity contribution in [2.24, 2.45) is 0 Å². The molecule has 0 aromatic carbocycles. The number of ether oxygens (including phenoxy) is 1. The second-order valence-corrected chi connectivity index (χ2v) is 3.26. The molecule has 2 rings (SSSR count). The Morgan fingerprint density at radius 2 is 2.60 bits per heavy atom. The Morgan fingerprint density at radius 3 is 3.10 bits per heavy atom. The average molecular weight is 206 g/mol. The Balaban J connectivity index is 1.99. The maximum Gasteiger partial charge on any atom is 0.229 e. The lowest BCUT2D eigenvalue weighted by atomic mass is 10.2. The molecule has 0 bridgehead atoms. The number of nitrogens with zero attached hydrogens (tertiary/aromatic N) is 1. The van der Waals surface area contributed by atoms with Crippen LogP contribution in [0.2, 0.25) is 0 Å². The smallest absolute Gasteiger partial charge is 0.229 e. The summed E-state index contributed by atoms with van der Waals surface area (Å²) in [5.74, 6) is 0.230. The molecule has 3 nitrogen and oxygen atoms in total. The van der Waals surface area contributed by atoms with Crippen LogP contribution in [0.4, 0.5) is 0 Å². The largest absolute Gasteiger partial charge is 0.352 e. The summed E-state index contributed by atoms with van der Waals surface area (Å²) in [5, 5.41) is 0.827. The number of carbonyl (C=O) groups is 1. The number of hydrogen-bond donors (Lipinski definition) is 0. The van der Waals surface area contributed by atoms with Crippen LogP contribution < -0.4 is 0 Å². The fourth-order valence-corrected chi connectivity index (χ4v) is 1.69. The van der Waals surface area contributed by atoms with E-state index in [2.05, 4.69) is 15.9 Å². The topological polar surface area (TPSA) is 29.5 Å². The van der Waals surface area contributed by atoms with Crippen LogP contribution in [0, 0.1) is 0 Å². The monoisotopic (exact) mass is 205 g/mol. The summed E-state index contributed by atoms with van der Waals surface area (Å²) >= 11 is 3.32. The number of amides is 1. The van der Waals surface area contributed by atoms with Gasteiger partial charge in [0.1, 0.15) is 6.23 Å². The first-order valence-electron chi connectivity index (χ1n) is 3.32. The van der Waals surface area contributed by atoms with E-state index in [0.717, 1.165) is 11.9 Å². The Hall–Kier alpha value is -0.0900. The summed E-state index contributed by atoms with van der Waals surface area (Å²) in [7, 11) is 0. The highest BCUT2D eigenvalue weighted by Crippen LogP contribution is 2.28. The summed E-state index contributed by atoms with van der Waals surface area (Å²) in [5.41, 5.74) is 0. The fraction of sp³-hybridized carbons (Fsp3) is 0.833. The van der Waals surface area contributed by atoms with Gasteiger partial charge in [-0.2, -0.15) is 0 Å². The molecule has 10 heavy (non-hydrogen) atoms. The van der Waals surface area contributed by atoms with Crippen molar-refractivity contribution < 1.29 is 9.53 Å². The van der Waals surface area contributed by atoms with Gasteiger partial charge < -0.3 is 9.64 Å². The molecule has 1 amide bonds. The van der Waals surface area contributed by atoms with Crippen LogP contribution in [-0.2, 0) is 9.53 Å². The second-order valence-electron chi connectivity index (χ2n) is 2.62. The van der Waals surface area contributed by atoms with Crippen molar-refractivity contribution in [1.82, 2.24) is 4.90 Å². The lowest BCUT2D eigenvalue weighted by Gasteiger charge is -2.31. The SMILES string of the molecule is O=C1CC2OC(CBr)CN12. The summed E-state index contributed by atoms with van der Waals surface area (Å²) in [4.78, 5) is 12.6. The summed E-state index contributed by atoms with van der Waals surface area (Å²) in [6, 6.07) is 0. The lowest BCUT2D eigenvalue weighted by molar-refractivity contribution is -0.156. The van der Waals surface area contributed by atoms with Crippen LogP contribution in [0.5, 0.6) is 0 Å². The van der Waals surface area contributed by atoms with E-state index in [1.165, 1.54) is 0 Å². The number of carbonyl (C=O) groups excluding carboxylic acids is 1. The van der Waals surface area contributed by atoms with E-state index in [4.69, 9.17) is 4.74 Å². The maximum atomic E-state index is 10.8. The van der Waals surface area contributed by atoms with Crippen molar-refractivity contribution in [2.45, 2.75) is 18.8 Å². The summed E-state index contributed by atoms with van der Waals surface area (Å²) in [6.45, 7) is 0.773. The molecule has 2 saturated heterocycles. The van der Waals surface area contributed by atoms with Crippen LogP contribution in [-0.4, -0.2) is 35.0 Å². The minimum atomic E-state index is 0.107. The number of alkyl halides is 1. The van der Waals surface area contributed by atoms with Gasteiger partial charge in [-0.1, -0.05) is 15.9 Å². The molecule has 2 atom stereocenters. The Bertz CT molecular complexity index is 173. The van der Waals surface area contributed by atoms with Crippen molar-refractivity contribution in [3.05, 3.63) is 0 Å². The molecule has 0 aromatic rings. The van der Waals surface area contributed by atoms with E-state index in [1.807, 2.05) is 0 Å². The van der Waals surface area contributed by atoms with Gasteiger partial charge in [-0.3, -0.25) is 4.79 Å². The highest BCUT2D eigenvalue weighted by molar-refractivity contribution is 9.09. The number of rotatable bonds is 1. The molecular weight excluding hydrogens is 198 g/mol. The third kappa shape index (κ3) is 0.787. The first-order valence-corrected chi connectivity index (χ1v) is 4.44. The van der Waals surface area contributed by atoms with Crippen molar-refractivity contribution in [3.8, 4) is 0 Å². The third-order valence-corrected chi connectivity index (χ3v) is 2.66. The van der Waals surface area contributed by atoms with Crippen LogP contribution in [0.15, 0.2) is 0 Å². The molecular formula is C6H8BrNO2. The molecule has 56 valence electrons. The van der Waals surface area contributed by atoms with Crippen LogP contribution in [0.3, 0.4) is 0 Å². The van der Waals surface area contributed by atoms with Crippen LogP contribution >= 0.6 is 15.9 Å². The van der Waals surface area contributed by atoms with Gasteiger partial charge in [0.25, 0.3) is 0 Å². The molecule has 0 radical (unpaired) electrons. The second kappa shape index (κ2) is 2.20. The van der Waals surface area contributed by atoms with Gasteiger partial charge in [-0.15, -0.1) is 0 Å². The van der Waals surface area contributed by atoms with Gasteiger partial charge in [-0.05, 0) is 0 Å². The zero-order chi connectivity index (χ0) is 7.14. The molecule has 2 heterocycles. The van der Waals surface area contributed by atoms with Gasteiger partial charge in [0.15, 0.2) is 0 Å². The van der Waals surface area contributed by atoms with E-state index < -0.39 is 0 Å². The van der Waals surface area contributed by atoms with Gasteiger partial charge in [0.2, 0.25) is 5.91 Å². The molecule has 0 aliphatic carbocycles. The van der Waals surface area contributed by atoms with E-state index in [9.17, 15) is 4.79 Å². The molecule has 2 aliphatic heterocycles. The number of fused-ring (bicyclic) bond motifs is 1. The van der Waals surface area contributed by atoms with Gasteiger partial charge in [0.05, 0.1) is 19.1 Å². The molecule has 0 N–H and O–H groups in total. The maximum absolute atomic E-state index is 10.8. The highest BCUT2D eigenvalue weighted by atomic mass is 79.9. The molecule has 2 unspecified atom stereocenters. The fourth-order valence-electron chi connectivity index (χ4n) is 1.34. The third-order valence-electron chi connectivity index (χ3n) is 1.94. The predicted octanol–water partition coefficient (Wildman–Crippen LogP) is 0.338. The van der Waals surface area contributed by atoms with Gasteiger partial charge in [0, 0.05) is 5.33 Å². The van der Waals surface area contributed by atoms with Crippen molar-refractivity contribution >= 4 is 21.8 Å². The van der Waals surface area contributed by atoms with Crippen LogP contribution in [0.1, 0.15) is 6.42 Å². The van der Waals surface area contributed by atoms with Crippen molar-refractivity contribution in [2.75, 3.05) is 11.9 Å². The number of β-lactam (4-membered cyclic amide) rings is 1. The number of halogens is 1. The predicted molar refractivity (Wildman–Crippen MR) is 38.8 cm³/mol. The number of hydrogen-bond acceptors (Lipinski definition) is 2. The highest BCUT2D eigenvalue weighted by Gasteiger charge is 2.44. The summed E-state index contributed by atoms with van der Waals surface area (Å²) < 4.78 is 5.44. The normalized spacial score (nSPS) is 37.7. The quantitative estimate of drug-likeness (QED) is 0.457. The minimum Gasteiger partial charge on any atom is -0.352 e. The van der Waals surface area contributed by atoms with E-state index >= 15 is 0 Å². The first-order chi connectivity index (χ1) is 4.81. The standard InChI is InChI=1S/C6H8BrNO2/c7-2-4-3-8-5(9)1-6(8)10-4/h4,6H,1-3H2. The zero-order valence-corrected chi connectivity index (χ0v) is 7.00. The average Bonchev–Trinajstić information content (AvgIpc) is 2.26. The Kier molecular flexibility index (Phi) is 1.46. The van der Waals surface area contributed by atoms with E-state index in [-0.39, 0.29) is 18.2 Å². The Labute approximate surface area is 67.5 Å². The molecule has 0 aromatic heterocycles. The van der Waals surface area contributed by atoms with Crippen molar-refractivity contribution in [3.63, 3.8) is 0 Å². The molecule has 2 aliphatic rings.